The topological polar surface area (TPSA) is 48.3 Å². The van der Waals surface area contributed by atoms with Gasteiger partial charge in [0.2, 0.25) is 0 Å². The predicted molar refractivity (Wildman–Crippen MR) is 124 cm³/mol. The van der Waals surface area contributed by atoms with Crippen molar-refractivity contribution < 1.29 is 13.2 Å². The second kappa shape index (κ2) is 7.27. The molecule has 31 heavy (non-hydrogen) atoms. The summed E-state index contributed by atoms with van der Waals surface area (Å²) in [5.41, 5.74) is 4.83. The molecule has 4 aromatic rings. The first kappa shape index (κ1) is 19.9. The van der Waals surface area contributed by atoms with Crippen molar-refractivity contribution in [3.8, 4) is 5.75 Å². The van der Waals surface area contributed by atoms with Gasteiger partial charge in [0.05, 0.1) is 17.5 Å². The van der Waals surface area contributed by atoms with Crippen LogP contribution in [0.3, 0.4) is 0 Å². The van der Waals surface area contributed by atoms with Gasteiger partial charge in [0.25, 0.3) is 10.0 Å². The summed E-state index contributed by atoms with van der Waals surface area (Å²) < 4.78 is 34.8. The highest BCUT2D eigenvalue weighted by molar-refractivity contribution is 7.90. The van der Waals surface area contributed by atoms with Gasteiger partial charge in [0.1, 0.15) is 5.75 Å². The van der Waals surface area contributed by atoms with E-state index in [2.05, 4.69) is 6.07 Å². The van der Waals surface area contributed by atoms with Crippen LogP contribution in [0.2, 0.25) is 0 Å². The number of rotatable bonds is 5. The van der Waals surface area contributed by atoms with Crippen LogP contribution in [-0.4, -0.2) is 19.5 Å². The maximum absolute atomic E-state index is 13.8. The average Bonchev–Trinajstić information content (AvgIpc) is 3.51. The van der Waals surface area contributed by atoms with Gasteiger partial charge in [-0.2, -0.15) is 0 Å². The van der Waals surface area contributed by atoms with Gasteiger partial charge in [-0.1, -0.05) is 54.1 Å². The minimum atomic E-state index is -3.73. The average molecular weight is 432 g/mol. The highest BCUT2D eigenvalue weighted by Crippen LogP contribution is 2.58. The van der Waals surface area contributed by atoms with Gasteiger partial charge < -0.3 is 4.74 Å². The summed E-state index contributed by atoms with van der Waals surface area (Å²) in [6.45, 7) is 4.00. The number of ether oxygens (including phenoxy) is 1. The summed E-state index contributed by atoms with van der Waals surface area (Å²) in [5.74, 6) is 1.23. The van der Waals surface area contributed by atoms with E-state index in [4.69, 9.17) is 4.74 Å². The lowest BCUT2D eigenvalue weighted by molar-refractivity contribution is 0.409. The third-order valence-corrected chi connectivity index (χ3v) is 8.11. The third kappa shape index (κ3) is 3.15. The molecule has 1 heterocycles. The molecule has 1 aliphatic carbocycles. The van der Waals surface area contributed by atoms with E-state index in [9.17, 15) is 8.42 Å². The lowest BCUT2D eigenvalue weighted by Crippen LogP contribution is -2.16. The van der Waals surface area contributed by atoms with Crippen molar-refractivity contribution in [2.75, 3.05) is 7.11 Å². The van der Waals surface area contributed by atoms with Crippen molar-refractivity contribution >= 4 is 20.9 Å². The Hall–Kier alpha value is -3.05. The Labute approximate surface area is 183 Å². The summed E-state index contributed by atoms with van der Waals surface area (Å²) in [6, 6.07) is 22.9. The number of aryl methyl sites for hydroxylation is 2. The number of nitrogens with zero attached hydrogens (tertiary/aromatic N) is 1. The van der Waals surface area contributed by atoms with Crippen molar-refractivity contribution in [2.45, 2.75) is 37.0 Å². The van der Waals surface area contributed by atoms with Crippen LogP contribution in [0.15, 0.2) is 77.7 Å². The molecule has 0 N–H and O–H groups in total. The number of hydrogen-bond donors (Lipinski definition) is 0. The summed E-state index contributed by atoms with van der Waals surface area (Å²) in [6.07, 6.45) is 0.904. The van der Waals surface area contributed by atoms with Crippen molar-refractivity contribution in [1.29, 1.82) is 0 Å². The summed E-state index contributed by atoms with van der Waals surface area (Å²) in [7, 11) is -2.05. The van der Waals surface area contributed by atoms with Crippen LogP contribution in [-0.2, 0) is 10.0 Å². The van der Waals surface area contributed by atoms with Gasteiger partial charge >= 0.3 is 0 Å². The van der Waals surface area contributed by atoms with Gasteiger partial charge in [-0.05, 0) is 61.6 Å². The van der Waals surface area contributed by atoms with Crippen LogP contribution in [0, 0.1) is 13.8 Å². The molecule has 0 aliphatic heterocycles. The fourth-order valence-electron chi connectivity index (χ4n) is 4.70. The third-order valence-electron chi connectivity index (χ3n) is 6.37. The normalized spacial score (nSPS) is 18.3. The summed E-state index contributed by atoms with van der Waals surface area (Å²) in [4.78, 5) is 0.314. The predicted octanol–water partition coefficient (Wildman–Crippen LogP) is 5.77. The first-order chi connectivity index (χ1) is 14.9. The van der Waals surface area contributed by atoms with Gasteiger partial charge in [-0.3, -0.25) is 0 Å². The second-order valence-corrected chi connectivity index (χ2v) is 10.1. The van der Waals surface area contributed by atoms with Gasteiger partial charge in [-0.15, -0.1) is 0 Å². The van der Waals surface area contributed by atoms with Crippen LogP contribution in [0.4, 0.5) is 0 Å². The van der Waals surface area contributed by atoms with Crippen LogP contribution in [0.5, 0.6) is 5.75 Å². The van der Waals surface area contributed by atoms with Crippen LogP contribution in [0.25, 0.3) is 10.9 Å². The Balaban J connectivity index is 1.70. The zero-order valence-corrected chi connectivity index (χ0v) is 18.7. The lowest BCUT2D eigenvalue weighted by atomic mass is 10.0. The van der Waals surface area contributed by atoms with Crippen LogP contribution < -0.4 is 4.74 Å². The molecule has 5 heteroatoms. The molecule has 1 saturated carbocycles. The minimum Gasteiger partial charge on any atom is -0.496 e. The minimum absolute atomic E-state index is 0.129. The number of fused-ring (bicyclic) bond motifs is 1. The fraction of sp³-hybridized carbons (Fsp3) is 0.231. The second-order valence-electron chi connectivity index (χ2n) is 8.30. The number of benzene rings is 3. The van der Waals surface area contributed by atoms with Crippen molar-refractivity contribution in [1.82, 2.24) is 3.97 Å². The Bertz CT molecular complexity index is 1380. The Morgan fingerprint density at radius 1 is 0.871 bits per heavy atom. The molecule has 3 aromatic carbocycles. The van der Waals surface area contributed by atoms with E-state index in [0.29, 0.717) is 4.90 Å². The number of aromatic nitrogens is 1. The van der Waals surface area contributed by atoms with Crippen molar-refractivity contribution in [2.24, 2.45) is 0 Å². The molecule has 4 nitrogen and oxygen atoms in total. The fourth-order valence-corrected chi connectivity index (χ4v) is 6.35. The number of hydrogen-bond acceptors (Lipinski definition) is 3. The quantitative estimate of drug-likeness (QED) is 0.403. The monoisotopic (exact) mass is 431 g/mol. The molecule has 1 aliphatic rings. The van der Waals surface area contributed by atoms with E-state index in [0.717, 1.165) is 45.5 Å². The molecule has 1 unspecified atom stereocenters. The smallest absolute Gasteiger partial charge is 0.268 e. The van der Waals surface area contributed by atoms with E-state index in [1.165, 1.54) is 0 Å². The molecular formula is C26H25NO3S. The summed E-state index contributed by atoms with van der Waals surface area (Å²) in [5, 5.41) is 0.985. The Morgan fingerprint density at radius 2 is 1.55 bits per heavy atom. The van der Waals surface area contributed by atoms with Crippen molar-refractivity contribution in [3.63, 3.8) is 0 Å². The SMILES string of the molecule is COc1ccccc1[C@@H]1CC1c1c(C)c2ccccc2n1S(=O)(=O)c1ccc(C)cc1. The molecule has 0 radical (unpaired) electrons. The Morgan fingerprint density at radius 3 is 2.29 bits per heavy atom. The van der Waals surface area contributed by atoms with Crippen molar-refractivity contribution in [3.05, 3.63) is 95.2 Å². The number of methoxy groups -OCH3 is 1. The zero-order chi connectivity index (χ0) is 21.8. The first-order valence-corrected chi connectivity index (χ1v) is 11.9. The molecule has 1 aromatic heterocycles. The largest absolute Gasteiger partial charge is 0.496 e. The van der Waals surface area contributed by atoms with E-state index < -0.39 is 10.0 Å². The molecule has 0 saturated heterocycles. The molecule has 158 valence electrons. The maximum atomic E-state index is 13.8. The molecule has 5 rings (SSSR count). The molecule has 0 amide bonds. The highest BCUT2D eigenvalue weighted by atomic mass is 32.2. The first-order valence-electron chi connectivity index (χ1n) is 10.5. The van der Waals surface area contributed by atoms with E-state index in [1.807, 2.05) is 68.4 Å². The molecular weight excluding hydrogens is 406 g/mol. The van der Waals surface area contributed by atoms with Gasteiger partial charge in [-0.25, -0.2) is 12.4 Å². The molecule has 2 atom stereocenters. The van der Waals surface area contributed by atoms with E-state index in [1.54, 1.807) is 23.2 Å². The molecule has 1 fully saturated rings. The van der Waals surface area contributed by atoms with Gasteiger partial charge in [0, 0.05) is 17.0 Å². The van der Waals surface area contributed by atoms with Gasteiger partial charge in [0.15, 0.2) is 0 Å². The Kier molecular flexibility index (Phi) is 4.67. The zero-order valence-electron chi connectivity index (χ0n) is 17.9. The van der Waals surface area contributed by atoms with E-state index in [-0.39, 0.29) is 11.8 Å². The standard InChI is InChI=1S/C26H25NO3S/c1-17-12-14-19(15-13-17)31(28,29)27-24-10-6-4-8-20(24)18(2)26(27)23-16-22(23)21-9-5-7-11-25(21)30-3/h4-15,22-23H,16H2,1-3H3/t22-,23?/m0/s1. The molecule has 0 spiro atoms. The van der Waals surface area contributed by atoms with Crippen LogP contribution in [0.1, 0.15) is 40.6 Å². The molecule has 0 bridgehead atoms. The number of para-hydroxylation sites is 2. The maximum Gasteiger partial charge on any atom is 0.268 e. The highest BCUT2D eigenvalue weighted by Gasteiger charge is 2.45. The van der Waals surface area contributed by atoms with Crippen LogP contribution >= 0.6 is 0 Å². The lowest BCUT2D eigenvalue weighted by Gasteiger charge is -2.14. The summed E-state index contributed by atoms with van der Waals surface area (Å²) >= 11 is 0. The van der Waals surface area contributed by atoms with E-state index >= 15 is 0 Å².